The van der Waals surface area contributed by atoms with Gasteiger partial charge in [-0.25, -0.2) is 0 Å². The molecule has 0 spiro atoms. The van der Waals surface area contributed by atoms with E-state index in [2.05, 4.69) is 5.32 Å². The standard InChI is InChI=1S/C11H19N3O6/c15-9(16)3-8(12-4-10(17)18)5-13-1-2-14(7-13)6-11(19)20/h8,12H,1-7H2,(H,15,16)(H,17,18)(H,19,20). The number of rotatable bonds is 9. The molecule has 0 aromatic carbocycles. The van der Waals surface area contributed by atoms with Crippen LogP contribution in [0.1, 0.15) is 6.42 Å². The van der Waals surface area contributed by atoms with Crippen LogP contribution in [-0.2, 0) is 14.4 Å². The molecule has 9 nitrogen and oxygen atoms in total. The van der Waals surface area contributed by atoms with Gasteiger partial charge in [-0.05, 0) is 0 Å². The van der Waals surface area contributed by atoms with Gasteiger partial charge >= 0.3 is 17.9 Å². The summed E-state index contributed by atoms with van der Waals surface area (Å²) in [5.41, 5.74) is 0. The summed E-state index contributed by atoms with van der Waals surface area (Å²) in [5.74, 6) is -2.96. The van der Waals surface area contributed by atoms with E-state index in [0.717, 1.165) is 0 Å². The predicted octanol–water partition coefficient (Wildman–Crippen LogP) is -1.84. The molecule has 0 bridgehead atoms. The molecule has 20 heavy (non-hydrogen) atoms. The lowest BCUT2D eigenvalue weighted by atomic mass is 10.2. The van der Waals surface area contributed by atoms with Crippen LogP contribution in [-0.4, -0.2) is 88.5 Å². The van der Waals surface area contributed by atoms with Crippen LogP contribution in [0, 0.1) is 0 Å². The Labute approximate surface area is 115 Å². The molecular formula is C11H19N3O6. The minimum Gasteiger partial charge on any atom is -0.481 e. The second-order valence-electron chi connectivity index (χ2n) is 4.73. The average molecular weight is 289 g/mol. The third-order valence-corrected chi connectivity index (χ3v) is 2.93. The first-order chi connectivity index (χ1) is 9.36. The molecule has 0 aliphatic carbocycles. The minimum atomic E-state index is -1.05. The number of hydrogen-bond donors (Lipinski definition) is 4. The van der Waals surface area contributed by atoms with E-state index in [1.54, 1.807) is 4.90 Å². The highest BCUT2D eigenvalue weighted by atomic mass is 16.4. The van der Waals surface area contributed by atoms with Crippen LogP contribution in [0.2, 0.25) is 0 Å². The number of hydrogen-bond acceptors (Lipinski definition) is 6. The Balaban J connectivity index is 2.42. The maximum Gasteiger partial charge on any atom is 0.317 e. The molecule has 1 aliphatic rings. The average Bonchev–Trinajstić information content (AvgIpc) is 2.71. The SMILES string of the molecule is O=C(O)CNC(CC(=O)O)CN1CCN(CC(=O)O)C1. The molecule has 1 atom stereocenters. The smallest absolute Gasteiger partial charge is 0.317 e. The molecule has 0 saturated carbocycles. The van der Waals surface area contributed by atoms with Crippen LogP contribution in [0.5, 0.6) is 0 Å². The molecule has 1 saturated heterocycles. The Morgan fingerprint density at radius 1 is 1.00 bits per heavy atom. The lowest BCUT2D eigenvalue weighted by molar-refractivity contribution is -0.139. The first kappa shape index (κ1) is 16.3. The van der Waals surface area contributed by atoms with Crippen LogP contribution < -0.4 is 5.32 Å². The van der Waals surface area contributed by atoms with E-state index < -0.39 is 23.9 Å². The fourth-order valence-electron chi connectivity index (χ4n) is 2.13. The molecule has 0 aromatic heterocycles. The van der Waals surface area contributed by atoms with E-state index in [0.29, 0.717) is 26.3 Å². The van der Waals surface area contributed by atoms with Crippen molar-refractivity contribution in [2.24, 2.45) is 0 Å². The molecule has 0 amide bonds. The van der Waals surface area contributed by atoms with E-state index >= 15 is 0 Å². The zero-order valence-electron chi connectivity index (χ0n) is 11.0. The molecule has 1 rings (SSSR count). The zero-order chi connectivity index (χ0) is 15.1. The second-order valence-corrected chi connectivity index (χ2v) is 4.73. The van der Waals surface area contributed by atoms with Crippen LogP contribution >= 0.6 is 0 Å². The van der Waals surface area contributed by atoms with Gasteiger partial charge in [0.25, 0.3) is 0 Å². The van der Waals surface area contributed by atoms with Gasteiger partial charge in [0, 0.05) is 25.7 Å². The fourth-order valence-corrected chi connectivity index (χ4v) is 2.13. The summed E-state index contributed by atoms with van der Waals surface area (Å²) < 4.78 is 0. The van der Waals surface area contributed by atoms with Gasteiger partial charge in [-0.3, -0.25) is 24.2 Å². The van der Waals surface area contributed by atoms with Crippen molar-refractivity contribution in [2.45, 2.75) is 12.5 Å². The van der Waals surface area contributed by atoms with E-state index in [1.165, 1.54) is 0 Å². The van der Waals surface area contributed by atoms with Crippen molar-refractivity contribution in [3.8, 4) is 0 Å². The highest BCUT2D eigenvalue weighted by Crippen LogP contribution is 2.06. The van der Waals surface area contributed by atoms with E-state index in [1.807, 2.05) is 4.90 Å². The summed E-state index contributed by atoms with van der Waals surface area (Å²) in [4.78, 5) is 35.5. The third kappa shape index (κ3) is 6.45. The van der Waals surface area contributed by atoms with Crippen molar-refractivity contribution in [3.05, 3.63) is 0 Å². The largest absolute Gasteiger partial charge is 0.481 e. The van der Waals surface area contributed by atoms with Gasteiger partial charge in [0.15, 0.2) is 0 Å². The van der Waals surface area contributed by atoms with Gasteiger partial charge in [0.1, 0.15) is 0 Å². The zero-order valence-corrected chi connectivity index (χ0v) is 11.0. The van der Waals surface area contributed by atoms with Gasteiger partial charge < -0.3 is 20.6 Å². The van der Waals surface area contributed by atoms with Crippen LogP contribution in [0.4, 0.5) is 0 Å². The molecule has 4 N–H and O–H groups in total. The first-order valence-corrected chi connectivity index (χ1v) is 6.20. The van der Waals surface area contributed by atoms with Gasteiger partial charge in [0.05, 0.1) is 26.2 Å². The fraction of sp³-hybridized carbons (Fsp3) is 0.727. The van der Waals surface area contributed by atoms with Crippen molar-refractivity contribution < 1.29 is 29.7 Å². The first-order valence-electron chi connectivity index (χ1n) is 6.20. The van der Waals surface area contributed by atoms with Gasteiger partial charge in [-0.15, -0.1) is 0 Å². The van der Waals surface area contributed by atoms with Crippen LogP contribution in [0.25, 0.3) is 0 Å². The Hall–Kier alpha value is -1.71. The number of carboxylic acids is 3. The highest BCUT2D eigenvalue weighted by molar-refractivity contribution is 5.70. The van der Waals surface area contributed by atoms with Crippen molar-refractivity contribution in [3.63, 3.8) is 0 Å². The second kappa shape index (κ2) is 7.78. The molecule has 1 heterocycles. The maximum absolute atomic E-state index is 10.7. The summed E-state index contributed by atoms with van der Waals surface area (Å²) in [5, 5.41) is 28.8. The summed E-state index contributed by atoms with van der Waals surface area (Å²) in [6.45, 7) is 1.70. The lowest BCUT2D eigenvalue weighted by Gasteiger charge is -2.23. The van der Waals surface area contributed by atoms with E-state index in [4.69, 9.17) is 15.3 Å². The summed E-state index contributed by atoms with van der Waals surface area (Å²) in [6.07, 6.45) is -0.178. The third-order valence-electron chi connectivity index (χ3n) is 2.93. The number of nitrogens with zero attached hydrogens (tertiary/aromatic N) is 2. The molecule has 0 radical (unpaired) electrons. The van der Waals surface area contributed by atoms with Gasteiger partial charge in [-0.2, -0.15) is 0 Å². The van der Waals surface area contributed by atoms with Gasteiger partial charge in [-0.1, -0.05) is 0 Å². The number of nitrogens with one attached hydrogen (secondary N) is 1. The Morgan fingerprint density at radius 3 is 2.20 bits per heavy atom. The van der Waals surface area contributed by atoms with Crippen molar-refractivity contribution in [2.75, 3.05) is 39.4 Å². The summed E-state index contributed by atoms with van der Waals surface area (Å²) >= 11 is 0. The highest BCUT2D eigenvalue weighted by Gasteiger charge is 2.25. The normalized spacial score (nSPS) is 18.0. The number of carbonyl (C=O) groups is 3. The summed E-state index contributed by atoms with van der Waals surface area (Å²) in [7, 11) is 0. The molecule has 9 heteroatoms. The molecule has 0 aromatic rings. The maximum atomic E-state index is 10.7. The predicted molar refractivity (Wildman–Crippen MR) is 67.3 cm³/mol. The van der Waals surface area contributed by atoms with Crippen LogP contribution in [0.15, 0.2) is 0 Å². The quantitative estimate of drug-likeness (QED) is 0.387. The molecular weight excluding hydrogens is 270 g/mol. The summed E-state index contributed by atoms with van der Waals surface area (Å²) in [6, 6.07) is -0.478. The van der Waals surface area contributed by atoms with E-state index in [9.17, 15) is 14.4 Å². The number of aliphatic carboxylic acids is 3. The molecule has 1 unspecified atom stereocenters. The lowest BCUT2D eigenvalue weighted by Crippen LogP contribution is -2.44. The van der Waals surface area contributed by atoms with Crippen molar-refractivity contribution in [1.82, 2.24) is 15.1 Å². The molecule has 1 aliphatic heterocycles. The van der Waals surface area contributed by atoms with Gasteiger partial charge in [0.2, 0.25) is 0 Å². The topological polar surface area (TPSA) is 130 Å². The van der Waals surface area contributed by atoms with E-state index in [-0.39, 0.29) is 19.5 Å². The Kier molecular flexibility index (Phi) is 6.36. The monoisotopic (exact) mass is 289 g/mol. The minimum absolute atomic E-state index is 0.0529. The molecule has 114 valence electrons. The molecule has 1 fully saturated rings. The van der Waals surface area contributed by atoms with Crippen molar-refractivity contribution >= 4 is 17.9 Å². The Morgan fingerprint density at radius 2 is 1.65 bits per heavy atom. The number of carboxylic acid groups (broad SMARTS) is 3. The Bertz CT molecular complexity index is 375. The van der Waals surface area contributed by atoms with Crippen molar-refractivity contribution in [1.29, 1.82) is 0 Å². The van der Waals surface area contributed by atoms with Crippen LogP contribution in [0.3, 0.4) is 0 Å².